The van der Waals surface area contributed by atoms with Crippen LogP contribution in [0.25, 0.3) is 20.5 Å². The molecular weight excluding hydrogens is 2320 g/mol. The number of halogens is 9. The van der Waals surface area contributed by atoms with Crippen LogP contribution in [0.4, 0.5) is 11.5 Å². The summed E-state index contributed by atoms with van der Waals surface area (Å²) < 4.78 is 51.0. The Labute approximate surface area is 874 Å². The van der Waals surface area contributed by atoms with Gasteiger partial charge in [0.25, 0.3) is 16.0 Å². The Hall–Kier alpha value is -5.64. The van der Waals surface area contributed by atoms with Crippen LogP contribution in [0.2, 0.25) is 0 Å². The van der Waals surface area contributed by atoms with Gasteiger partial charge in [-0.25, -0.2) is 14.6 Å². The number of pyridine rings is 1. The number of phenols is 5. The number of rotatable bonds is 21. The molecule has 27 nitrogen and oxygen atoms in total. The number of primary amides is 1. The van der Waals surface area contributed by atoms with Gasteiger partial charge in [-0.3, -0.25) is 8.98 Å². The second-order valence-electron chi connectivity index (χ2n) is 27.1. The van der Waals surface area contributed by atoms with Crippen LogP contribution in [-0.2, 0) is 55.0 Å². The zero-order valence-corrected chi connectivity index (χ0v) is 89.3. The fraction of sp³-hybridized carbons (Fsp3) is 0.364. The monoisotopic (exact) mass is 2420 g/mol. The molecular formula is C88H108Br9KN11O16PS2. The number of carbonyl (C=O) groups is 3. The number of methoxy groups -OCH3 is 2. The summed E-state index contributed by atoms with van der Waals surface area (Å²) in [6.07, 6.45) is 13.8. The van der Waals surface area contributed by atoms with Gasteiger partial charge in [0.2, 0.25) is 0 Å². The first-order valence-corrected chi connectivity index (χ1v) is 52.6. The molecule has 12 rings (SSSR count). The van der Waals surface area contributed by atoms with Crippen molar-refractivity contribution in [2.75, 3.05) is 92.5 Å². The van der Waals surface area contributed by atoms with Crippen LogP contribution >= 0.6 is 157 Å². The van der Waals surface area contributed by atoms with Crippen LogP contribution in [0.1, 0.15) is 139 Å². The van der Waals surface area contributed by atoms with Gasteiger partial charge in [-0.1, -0.05) is 68.5 Å². The Balaban J connectivity index is 0. The Morgan fingerprint density at radius 3 is 1.31 bits per heavy atom. The summed E-state index contributed by atoms with van der Waals surface area (Å²) in [5.41, 5.74) is 23.5. The molecule has 3 aliphatic rings. The predicted octanol–water partition coefficient (Wildman–Crippen LogP) is 19.4. The maximum Gasteiger partial charge on any atom is 1.00 e. The molecule has 692 valence electrons. The second-order valence-corrected chi connectivity index (χ2v) is 49.9. The molecule has 0 aliphatic carbocycles. The summed E-state index contributed by atoms with van der Waals surface area (Å²) in [5.74, 6) is 0.975. The fourth-order valence-electron chi connectivity index (χ4n) is 11.9. The van der Waals surface area contributed by atoms with Crippen LogP contribution in [0.3, 0.4) is 0 Å². The van der Waals surface area contributed by atoms with Crippen molar-refractivity contribution >= 4 is 207 Å². The van der Waals surface area contributed by atoms with Crippen LogP contribution in [0, 0.1) is 45.8 Å². The minimum absolute atomic E-state index is 0. The van der Waals surface area contributed by atoms with Gasteiger partial charge in [-0.05, 0) is 356 Å². The number of ether oxygens (including phenoxy) is 4. The van der Waals surface area contributed by atoms with Crippen molar-refractivity contribution in [1.82, 2.24) is 19.7 Å². The molecule has 40 heteroatoms. The third-order valence-electron chi connectivity index (χ3n) is 18.4. The molecule has 12 N–H and O–H groups in total. The summed E-state index contributed by atoms with van der Waals surface area (Å²) in [6.45, 7) is 9.79. The summed E-state index contributed by atoms with van der Waals surface area (Å²) in [6, 6.07) is 45.9. The Bertz CT molecular complexity index is 5080. The minimum atomic E-state index is -3.25. The number of aliphatic hydroxyl groups excluding tert-OH is 1. The molecule has 2 aromatic heterocycles. The van der Waals surface area contributed by atoms with E-state index in [0.717, 1.165) is 115 Å². The number of nitriles is 3. The molecule has 0 spiro atoms. The topological polar surface area (TPSA) is 449 Å². The molecule has 3 unspecified atom stereocenters. The summed E-state index contributed by atoms with van der Waals surface area (Å²) >= 11 is 30.3. The molecule has 0 bridgehead atoms. The number of aliphatic hydroxyl groups is 1. The number of nitrogens with zero attached hydrogens (tertiary/aromatic N) is 8. The third-order valence-corrected chi connectivity index (χ3v) is 24.2. The number of aromatic hydroxyl groups is 5. The first-order valence-electron chi connectivity index (χ1n) is 37.4. The Kier molecular flexibility index (Phi) is 65.6. The summed E-state index contributed by atoms with van der Waals surface area (Å²) in [4.78, 5) is 45.7. The number of amides is 1. The van der Waals surface area contributed by atoms with Crippen LogP contribution in [-0.4, -0.2) is 176 Å². The molecule has 7 aromatic carbocycles. The zero-order chi connectivity index (χ0) is 92.8. The van der Waals surface area contributed by atoms with E-state index in [1.807, 2.05) is 60.7 Å². The number of carbonyl (C=O) groups excluding carboxylic acids is 3. The number of aromatic nitrogens is 1. The van der Waals surface area contributed by atoms with Gasteiger partial charge in [-0.15, -0.1) is 11.3 Å². The number of hydrogen-bond acceptors (Lipinski definition) is 27. The van der Waals surface area contributed by atoms with Crippen molar-refractivity contribution in [3.8, 4) is 68.9 Å². The maximum atomic E-state index is 11.8. The molecule has 0 radical (unpaired) electrons. The molecule has 5 heterocycles. The van der Waals surface area contributed by atoms with Gasteiger partial charge in [-0.2, -0.15) is 24.2 Å². The number of esters is 2. The van der Waals surface area contributed by atoms with E-state index < -0.39 is 28.0 Å². The first kappa shape index (κ1) is 124. The maximum absolute atomic E-state index is 11.8. The fourth-order valence-corrected chi connectivity index (χ4v) is 15.2. The number of likely N-dealkylation sites (tertiary alicyclic amines) is 3. The van der Waals surface area contributed by atoms with Crippen LogP contribution in [0.15, 0.2) is 162 Å². The van der Waals surface area contributed by atoms with Crippen molar-refractivity contribution < 1.29 is 128 Å². The van der Waals surface area contributed by atoms with Crippen molar-refractivity contribution in [3.05, 3.63) is 213 Å². The number of thiophene rings is 1. The smallest absolute Gasteiger partial charge is 0.512 e. The standard InChI is InChI=1S/C23H25N5O2S.C15H19BrN2O.C8H6BrNO.C8H7BrO3.C8H17NO3S.C8H9NO3.C7H6Br2O.C7H7BrO2.CN.3CH4.Br3P.K/c1-28-9-2-3-15(28)7-10-30-19-11-14(6-8-24)4-5-16(19)20-12-17-21(31-20)18(23(26)29)13-27-22(17)25;1-18-9-2-3-13(18)7-10-19-15-11-12(6-8-17)4-5-14(15)16;9-7-2-1-6(3-4-10)5-8(7)11;1-12-8(11)5-2-3-6(9)7(10)4-5;1-9-6-3-4-8(9)5-7-12-13(2,10)11;1-12-8(11)5-2-3-6(9)7(10)4-5;8-4-5-1-2-6(9)7(10)3-5;8-6-2-1-5(4-9)3-7(6)10;1-2;;;;1-4(2)3;/h4-5,11-13,15H,2-3,6-7,9-10H2,1H3,(H2,25,27)(H2,26,29);4-5,11,13H,2-3,6-7,9-10H2,1H3;1-2,5,11H,3H2;2-4,10H,1H3;8H,3-7H2,1-2H3;2-4,10H,9H2,1H3;1-3,10H,4H2;1-3,9-10H,4H2;;3*1H4;;/q;;;;;;;;-1;;;;;+1. The van der Waals surface area contributed by atoms with Gasteiger partial charge < -0.3 is 93.3 Å². The number of anilines is 2. The van der Waals surface area contributed by atoms with Gasteiger partial charge in [0.1, 0.15) is 50.1 Å². The number of nitrogen functional groups attached to an aromatic ring is 2. The molecule has 3 atom stereocenters. The van der Waals surface area contributed by atoms with Crippen LogP contribution in [0.5, 0.6) is 40.2 Å². The molecule has 3 aliphatic heterocycles. The minimum Gasteiger partial charge on any atom is -0.512 e. The van der Waals surface area contributed by atoms with E-state index in [0.29, 0.717) is 91.9 Å². The second kappa shape index (κ2) is 67.5. The van der Waals surface area contributed by atoms with Gasteiger partial charge in [0.15, 0.2) is 0 Å². The molecule has 128 heavy (non-hydrogen) atoms. The molecule has 0 saturated carbocycles. The predicted molar refractivity (Wildman–Crippen MR) is 539 cm³/mol. The average molecular weight is 2430 g/mol. The summed E-state index contributed by atoms with van der Waals surface area (Å²) in [5, 5.41) is 88.2. The number of alkyl halides is 1. The van der Waals surface area contributed by atoms with Gasteiger partial charge in [0.05, 0.1) is 134 Å². The SMILES string of the molecule is BrP(Br)Br.C.C.C.CN1CCCC1CCOS(C)(=O)=O.CN1CCCC1CCOc1cc(CC#N)ccc1-c1cc2c(N)ncc(C(N)=O)c2s1.CN1CCCC1CCOc1cc(CC#N)ccc1Br.COC(=O)c1ccc(Br)c(O)c1.COC(=O)c1ccc(N)c(O)c1.N#CCc1ccc(Br)c(O)c1.OCc1ccc(Br)c(O)c1.Oc1cc(CBr)ccc1Br.[C-]#N.[K+]. The molecule has 1 amide bonds. The number of phenolic OH excluding ortho intramolecular Hbond substituents is 5. The van der Waals surface area contributed by atoms with Crippen molar-refractivity contribution in [3.63, 3.8) is 0 Å². The number of nitrogens with two attached hydrogens (primary N) is 3. The van der Waals surface area contributed by atoms with Gasteiger partial charge >= 0.3 is 63.3 Å². The summed E-state index contributed by atoms with van der Waals surface area (Å²) in [7, 11) is 5.72. The number of hydrogen-bond donors (Lipinski definition) is 9. The van der Waals surface area contributed by atoms with E-state index in [4.69, 9.17) is 74.7 Å². The normalized spacial score (nSPS) is 13.8. The quantitative estimate of drug-likeness (QED) is 0.00471. The van der Waals surface area contributed by atoms with E-state index in [9.17, 15) is 33.0 Å². The van der Waals surface area contributed by atoms with E-state index in [-0.39, 0.29) is 124 Å². The van der Waals surface area contributed by atoms with E-state index >= 15 is 0 Å². The number of benzene rings is 7. The Morgan fingerprint density at radius 2 is 0.922 bits per heavy atom. The zero-order valence-electron chi connectivity index (χ0n) is 69.4. The van der Waals surface area contributed by atoms with E-state index in [1.165, 1.54) is 101 Å². The molecule has 9 aromatic rings. The Morgan fingerprint density at radius 1 is 0.555 bits per heavy atom. The van der Waals surface area contributed by atoms with Crippen LogP contribution < -0.4 is 78.1 Å². The van der Waals surface area contributed by atoms with E-state index in [1.54, 1.807) is 48.5 Å². The average Bonchev–Trinajstić information content (AvgIpc) is 1.63. The van der Waals surface area contributed by atoms with E-state index in [2.05, 4.69) is 209 Å². The molecule has 3 fully saturated rings. The van der Waals surface area contributed by atoms with Gasteiger partial charge in [0, 0.05) is 45.5 Å². The largest absolute Gasteiger partial charge is 1.00 e. The van der Waals surface area contributed by atoms with Crippen molar-refractivity contribution in [2.45, 2.75) is 129 Å². The molecule has 3 saturated heterocycles. The first-order chi connectivity index (χ1) is 58.9. The van der Waals surface area contributed by atoms with Crippen molar-refractivity contribution in [1.29, 1.82) is 21.0 Å². The third kappa shape index (κ3) is 46.3. The number of fused-ring (bicyclic) bond motifs is 1. The van der Waals surface area contributed by atoms with Crippen molar-refractivity contribution in [2.24, 2.45) is 5.73 Å².